The number of imidazole rings is 1. The van der Waals surface area contributed by atoms with Crippen LogP contribution in [-0.4, -0.2) is 28.4 Å². The van der Waals surface area contributed by atoms with Crippen molar-refractivity contribution in [1.82, 2.24) is 9.38 Å². The second-order valence-corrected chi connectivity index (χ2v) is 4.86. The van der Waals surface area contributed by atoms with Crippen LogP contribution in [0.1, 0.15) is 10.6 Å². The summed E-state index contributed by atoms with van der Waals surface area (Å²) >= 11 is 3.43. The van der Waals surface area contributed by atoms with Crippen molar-refractivity contribution in [3.8, 4) is 0 Å². The van der Waals surface area contributed by atoms with E-state index in [2.05, 4.69) is 20.9 Å². The summed E-state index contributed by atoms with van der Waals surface area (Å²) in [6, 6.07) is 5.31. The van der Waals surface area contributed by atoms with E-state index < -0.39 is 4.92 Å². The van der Waals surface area contributed by atoms with E-state index in [1.807, 2.05) is 20.2 Å². The van der Waals surface area contributed by atoms with Crippen LogP contribution >= 0.6 is 15.9 Å². The number of nitrogens with zero attached hydrogens (tertiary/aromatic N) is 3. The minimum absolute atomic E-state index is 0.0173. The van der Waals surface area contributed by atoms with Crippen LogP contribution in [0.25, 0.3) is 5.65 Å². The monoisotopic (exact) mass is 299 g/mol. The first-order valence-electron chi connectivity index (χ1n) is 5.08. The van der Waals surface area contributed by atoms with Gasteiger partial charge >= 0.3 is 5.82 Å². The lowest BCUT2D eigenvalue weighted by Crippen LogP contribution is -3.05. The smallest absolute Gasteiger partial charge is 0.358 e. The highest BCUT2D eigenvalue weighted by Crippen LogP contribution is 2.27. The maximum Gasteiger partial charge on any atom is 0.358 e. The number of nitrogens with one attached hydrogen (secondary N) is 1. The summed E-state index contributed by atoms with van der Waals surface area (Å²) in [6.45, 7) is 0. The molecule has 0 fully saturated rings. The SMILES string of the molecule is C[NH+](C)C(Br)c1nc2ccccn2c1[N+](=O)[O-]. The van der Waals surface area contributed by atoms with Gasteiger partial charge in [-0.1, -0.05) is 6.07 Å². The highest BCUT2D eigenvalue weighted by molar-refractivity contribution is 9.09. The normalized spacial score (nSPS) is 13.2. The Balaban J connectivity index is 2.70. The first-order chi connectivity index (χ1) is 8.02. The van der Waals surface area contributed by atoms with Crippen molar-refractivity contribution in [2.24, 2.45) is 0 Å². The number of fused-ring (bicyclic) bond motifs is 1. The molecule has 6 nitrogen and oxygen atoms in total. The molecular formula is C10H12BrN4O2+. The second kappa shape index (κ2) is 4.42. The summed E-state index contributed by atoms with van der Waals surface area (Å²) in [5.74, 6) is 0.0173. The molecule has 1 atom stereocenters. The minimum Gasteiger partial charge on any atom is -0.358 e. The van der Waals surface area contributed by atoms with Gasteiger partial charge in [-0.3, -0.25) is 0 Å². The van der Waals surface area contributed by atoms with Gasteiger partial charge in [-0.15, -0.1) is 0 Å². The molecule has 0 aliphatic rings. The fourth-order valence-corrected chi connectivity index (χ4v) is 1.93. The average molecular weight is 300 g/mol. The zero-order valence-electron chi connectivity index (χ0n) is 9.42. The average Bonchev–Trinajstić information content (AvgIpc) is 2.66. The quantitative estimate of drug-likeness (QED) is 0.394. The molecule has 0 saturated heterocycles. The molecule has 90 valence electrons. The summed E-state index contributed by atoms with van der Waals surface area (Å²) in [7, 11) is 3.82. The van der Waals surface area contributed by atoms with Gasteiger partial charge in [0.15, 0.2) is 4.95 Å². The lowest BCUT2D eigenvalue weighted by atomic mass is 10.4. The fraction of sp³-hybridized carbons (Fsp3) is 0.300. The molecule has 2 rings (SSSR count). The van der Waals surface area contributed by atoms with E-state index in [1.165, 1.54) is 4.40 Å². The number of halogens is 1. The Hall–Kier alpha value is -1.47. The number of hydrogen-bond acceptors (Lipinski definition) is 3. The lowest BCUT2D eigenvalue weighted by molar-refractivity contribution is -0.873. The third-order valence-electron chi connectivity index (χ3n) is 2.45. The highest BCUT2D eigenvalue weighted by atomic mass is 79.9. The maximum atomic E-state index is 11.1. The van der Waals surface area contributed by atoms with Crippen molar-refractivity contribution in [3.05, 3.63) is 40.2 Å². The number of nitro groups is 1. The van der Waals surface area contributed by atoms with Gasteiger partial charge in [0.1, 0.15) is 0 Å². The number of alkyl halides is 1. The van der Waals surface area contributed by atoms with Gasteiger partial charge in [0.2, 0.25) is 11.3 Å². The van der Waals surface area contributed by atoms with Crippen LogP contribution in [0.4, 0.5) is 5.82 Å². The highest BCUT2D eigenvalue weighted by Gasteiger charge is 2.30. The van der Waals surface area contributed by atoms with Gasteiger partial charge in [0.25, 0.3) is 0 Å². The molecule has 7 heteroatoms. The van der Waals surface area contributed by atoms with E-state index >= 15 is 0 Å². The van der Waals surface area contributed by atoms with E-state index in [1.54, 1.807) is 18.3 Å². The molecule has 17 heavy (non-hydrogen) atoms. The Kier molecular flexibility index (Phi) is 3.12. The number of rotatable bonds is 3. The lowest BCUT2D eigenvalue weighted by Gasteiger charge is -2.12. The Morgan fingerprint density at radius 1 is 1.53 bits per heavy atom. The molecule has 0 saturated carbocycles. The molecule has 0 spiro atoms. The van der Waals surface area contributed by atoms with Gasteiger partial charge < -0.3 is 15.0 Å². The van der Waals surface area contributed by atoms with Crippen LogP contribution in [0.5, 0.6) is 0 Å². The third-order valence-corrected chi connectivity index (χ3v) is 3.80. The van der Waals surface area contributed by atoms with Crippen molar-refractivity contribution in [2.75, 3.05) is 14.1 Å². The first-order valence-corrected chi connectivity index (χ1v) is 5.99. The van der Waals surface area contributed by atoms with Crippen molar-refractivity contribution >= 4 is 27.4 Å². The fourth-order valence-electron chi connectivity index (χ4n) is 1.63. The van der Waals surface area contributed by atoms with E-state index in [-0.39, 0.29) is 10.8 Å². The van der Waals surface area contributed by atoms with Gasteiger partial charge in [-0.25, -0.2) is 0 Å². The van der Waals surface area contributed by atoms with Crippen LogP contribution in [0.3, 0.4) is 0 Å². The summed E-state index contributed by atoms with van der Waals surface area (Å²) < 4.78 is 1.49. The number of pyridine rings is 1. The molecule has 0 aliphatic heterocycles. The molecule has 0 bridgehead atoms. The van der Waals surface area contributed by atoms with Gasteiger partial charge in [-0.2, -0.15) is 9.38 Å². The molecule has 2 heterocycles. The van der Waals surface area contributed by atoms with E-state index in [0.717, 1.165) is 4.90 Å². The molecule has 0 amide bonds. The van der Waals surface area contributed by atoms with Crippen molar-refractivity contribution in [1.29, 1.82) is 0 Å². The van der Waals surface area contributed by atoms with Gasteiger partial charge in [0.05, 0.1) is 20.3 Å². The van der Waals surface area contributed by atoms with Gasteiger partial charge in [-0.05, 0) is 26.9 Å². The summed E-state index contributed by atoms with van der Waals surface area (Å²) in [6.07, 6.45) is 1.65. The molecule has 2 aromatic rings. The Morgan fingerprint density at radius 2 is 2.24 bits per heavy atom. The number of quaternary nitrogens is 1. The topological polar surface area (TPSA) is 64.9 Å². The van der Waals surface area contributed by atoms with Crippen molar-refractivity contribution < 1.29 is 9.82 Å². The summed E-state index contributed by atoms with van der Waals surface area (Å²) in [4.78, 5) is 15.9. The maximum absolute atomic E-state index is 11.1. The number of aromatic nitrogens is 2. The van der Waals surface area contributed by atoms with Crippen molar-refractivity contribution in [3.63, 3.8) is 0 Å². The predicted molar refractivity (Wildman–Crippen MR) is 66.3 cm³/mol. The molecule has 0 aliphatic carbocycles. The van der Waals surface area contributed by atoms with E-state index in [9.17, 15) is 10.1 Å². The zero-order valence-corrected chi connectivity index (χ0v) is 11.0. The first kappa shape index (κ1) is 12.0. The number of hydrogen-bond donors (Lipinski definition) is 1. The largest absolute Gasteiger partial charge is 0.358 e. The van der Waals surface area contributed by atoms with Gasteiger partial charge in [0, 0.05) is 6.07 Å². The zero-order chi connectivity index (χ0) is 12.6. The summed E-state index contributed by atoms with van der Waals surface area (Å²) in [5, 5.41) is 11.1. The van der Waals surface area contributed by atoms with Crippen LogP contribution in [-0.2, 0) is 0 Å². The van der Waals surface area contributed by atoms with Crippen molar-refractivity contribution in [2.45, 2.75) is 4.95 Å². The molecular weight excluding hydrogens is 288 g/mol. The Labute approximate surface area is 106 Å². The van der Waals surface area contributed by atoms with E-state index in [0.29, 0.717) is 11.3 Å². The van der Waals surface area contributed by atoms with E-state index in [4.69, 9.17) is 0 Å². The Morgan fingerprint density at radius 3 is 2.82 bits per heavy atom. The molecule has 1 unspecified atom stereocenters. The minimum atomic E-state index is -0.396. The van der Waals surface area contributed by atoms with Crippen LogP contribution in [0.2, 0.25) is 0 Å². The van der Waals surface area contributed by atoms with Crippen LogP contribution in [0.15, 0.2) is 24.4 Å². The van der Waals surface area contributed by atoms with Crippen LogP contribution in [0, 0.1) is 10.1 Å². The molecule has 1 N–H and O–H groups in total. The predicted octanol–water partition coefficient (Wildman–Crippen LogP) is 0.781. The third kappa shape index (κ3) is 2.03. The molecule has 0 radical (unpaired) electrons. The standard InChI is InChI=1S/C10H11BrN4O2/c1-13(2)9(11)8-10(15(16)17)14-6-4-3-5-7(14)12-8/h3-6,9H,1-2H3/p+1. The second-order valence-electron chi connectivity index (χ2n) is 3.95. The molecule has 2 aromatic heterocycles. The van der Waals surface area contributed by atoms with Crippen LogP contribution < -0.4 is 4.90 Å². The summed E-state index contributed by atoms with van der Waals surface area (Å²) in [5.41, 5.74) is 1.03. The Bertz CT molecular complexity index is 566. The molecule has 0 aromatic carbocycles.